The first-order chi connectivity index (χ1) is 8.95. The number of rotatable bonds is 2. The van der Waals surface area contributed by atoms with Crippen molar-refractivity contribution in [1.29, 1.82) is 0 Å². The standard InChI is InChI=1S/C15H13BrClNO/c1-9-3-4-13(16)14(7-9)18-15(19)11-5-10(2)6-12(17)8-11/h3-8H,1-2H3,(H,18,19). The number of carbonyl (C=O) groups excluding carboxylic acids is 1. The van der Waals surface area contributed by atoms with Gasteiger partial charge in [-0.1, -0.05) is 17.7 Å². The quantitative estimate of drug-likeness (QED) is 0.823. The van der Waals surface area contributed by atoms with E-state index in [1.165, 1.54) is 0 Å². The third-order valence-electron chi connectivity index (χ3n) is 2.67. The Morgan fingerprint density at radius 3 is 2.53 bits per heavy atom. The predicted molar refractivity (Wildman–Crippen MR) is 83.0 cm³/mol. The summed E-state index contributed by atoms with van der Waals surface area (Å²) in [5.41, 5.74) is 3.35. The third kappa shape index (κ3) is 3.58. The van der Waals surface area contributed by atoms with Crippen molar-refractivity contribution in [3.8, 4) is 0 Å². The van der Waals surface area contributed by atoms with Crippen LogP contribution >= 0.6 is 27.5 Å². The number of halogens is 2. The van der Waals surface area contributed by atoms with Crippen LogP contribution in [0.15, 0.2) is 40.9 Å². The summed E-state index contributed by atoms with van der Waals surface area (Å²) < 4.78 is 0.852. The molecule has 1 N–H and O–H groups in total. The first-order valence-electron chi connectivity index (χ1n) is 5.80. The molecule has 0 heterocycles. The van der Waals surface area contributed by atoms with Crippen molar-refractivity contribution >= 4 is 39.1 Å². The van der Waals surface area contributed by atoms with Gasteiger partial charge >= 0.3 is 0 Å². The lowest BCUT2D eigenvalue weighted by Gasteiger charge is -2.09. The molecular formula is C15H13BrClNO. The molecule has 0 saturated heterocycles. The molecule has 19 heavy (non-hydrogen) atoms. The van der Waals surface area contributed by atoms with Gasteiger partial charge in [-0.25, -0.2) is 0 Å². The zero-order valence-corrected chi connectivity index (χ0v) is 13.0. The lowest BCUT2D eigenvalue weighted by atomic mass is 10.1. The van der Waals surface area contributed by atoms with Crippen LogP contribution in [0.3, 0.4) is 0 Å². The van der Waals surface area contributed by atoms with E-state index in [9.17, 15) is 4.79 Å². The number of benzene rings is 2. The first kappa shape index (κ1) is 14.1. The fraction of sp³-hybridized carbons (Fsp3) is 0.133. The normalized spacial score (nSPS) is 10.3. The summed E-state index contributed by atoms with van der Waals surface area (Å²) in [7, 11) is 0. The maximum atomic E-state index is 12.2. The molecule has 0 saturated carbocycles. The Bertz CT molecular complexity index is 620. The van der Waals surface area contributed by atoms with E-state index in [4.69, 9.17) is 11.6 Å². The number of hydrogen-bond donors (Lipinski definition) is 1. The van der Waals surface area contributed by atoms with Crippen LogP contribution in [0.4, 0.5) is 5.69 Å². The van der Waals surface area contributed by atoms with Crippen LogP contribution in [0.5, 0.6) is 0 Å². The minimum absolute atomic E-state index is 0.170. The number of carbonyl (C=O) groups is 1. The third-order valence-corrected chi connectivity index (χ3v) is 3.58. The highest BCUT2D eigenvalue weighted by atomic mass is 79.9. The molecule has 0 bridgehead atoms. The molecule has 1 amide bonds. The van der Waals surface area contributed by atoms with Crippen molar-refractivity contribution in [1.82, 2.24) is 0 Å². The van der Waals surface area contributed by atoms with Crippen LogP contribution in [0.1, 0.15) is 21.5 Å². The molecule has 0 radical (unpaired) electrons. The Morgan fingerprint density at radius 1 is 1.11 bits per heavy atom. The van der Waals surface area contributed by atoms with Crippen LogP contribution < -0.4 is 5.32 Å². The molecule has 2 aromatic carbocycles. The van der Waals surface area contributed by atoms with Crippen molar-refractivity contribution in [2.75, 3.05) is 5.32 Å². The predicted octanol–water partition coefficient (Wildman–Crippen LogP) is 4.97. The first-order valence-corrected chi connectivity index (χ1v) is 6.97. The lowest BCUT2D eigenvalue weighted by molar-refractivity contribution is 0.102. The maximum Gasteiger partial charge on any atom is 0.255 e. The van der Waals surface area contributed by atoms with E-state index < -0.39 is 0 Å². The van der Waals surface area contributed by atoms with Gasteiger partial charge in [0.2, 0.25) is 0 Å². The van der Waals surface area contributed by atoms with Crippen molar-refractivity contribution in [2.45, 2.75) is 13.8 Å². The van der Waals surface area contributed by atoms with Gasteiger partial charge in [-0.2, -0.15) is 0 Å². The summed E-state index contributed by atoms with van der Waals surface area (Å²) in [6.45, 7) is 3.89. The van der Waals surface area contributed by atoms with E-state index in [0.29, 0.717) is 10.6 Å². The molecule has 0 unspecified atom stereocenters. The van der Waals surface area contributed by atoms with Gasteiger partial charge in [0.25, 0.3) is 5.91 Å². The van der Waals surface area contributed by atoms with Crippen molar-refractivity contribution in [2.24, 2.45) is 0 Å². The molecule has 0 aliphatic carbocycles. The molecule has 0 fully saturated rings. The van der Waals surface area contributed by atoms with Gasteiger partial charge in [-0.05, 0) is 71.2 Å². The van der Waals surface area contributed by atoms with Crippen LogP contribution in [0.25, 0.3) is 0 Å². The minimum Gasteiger partial charge on any atom is -0.321 e. The molecule has 0 aromatic heterocycles. The van der Waals surface area contributed by atoms with Gasteiger partial charge < -0.3 is 5.32 Å². The van der Waals surface area contributed by atoms with Gasteiger partial charge in [0.05, 0.1) is 5.69 Å². The SMILES string of the molecule is Cc1cc(Cl)cc(C(=O)Nc2cc(C)ccc2Br)c1. The highest BCUT2D eigenvalue weighted by Gasteiger charge is 2.09. The number of anilines is 1. The summed E-state index contributed by atoms with van der Waals surface area (Å²) in [5, 5.41) is 3.44. The second kappa shape index (κ2) is 5.76. The molecule has 0 aliphatic rings. The molecule has 2 nitrogen and oxygen atoms in total. The average Bonchev–Trinajstić information content (AvgIpc) is 2.32. The van der Waals surface area contributed by atoms with Crippen LogP contribution in [-0.4, -0.2) is 5.91 Å². The van der Waals surface area contributed by atoms with Crippen molar-refractivity contribution in [3.05, 3.63) is 62.6 Å². The Hall–Kier alpha value is -1.32. The molecule has 0 aliphatic heterocycles. The largest absolute Gasteiger partial charge is 0.321 e. The molecule has 2 aromatic rings. The van der Waals surface area contributed by atoms with E-state index >= 15 is 0 Å². The number of amides is 1. The highest BCUT2D eigenvalue weighted by Crippen LogP contribution is 2.24. The van der Waals surface area contributed by atoms with Gasteiger partial charge in [0, 0.05) is 15.1 Å². The molecular weight excluding hydrogens is 326 g/mol. The topological polar surface area (TPSA) is 29.1 Å². The van der Waals surface area contributed by atoms with Crippen molar-refractivity contribution in [3.63, 3.8) is 0 Å². The second-order valence-electron chi connectivity index (χ2n) is 4.45. The summed E-state index contributed by atoms with van der Waals surface area (Å²) >= 11 is 9.38. The minimum atomic E-state index is -0.170. The summed E-state index contributed by atoms with van der Waals surface area (Å²) in [6.07, 6.45) is 0. The van der Waals surface area contributed by atoms with E-state index in [1.807, 2.05) is 44.2 Å². The Morgan fingerprint density at radius 2 is 1.84 bits per heavy atom. The highest BCUT2D eigenvalue weighted by molar-refractivity contribution is 9.10. The smallest absolute Gasteiger partial charge is 0.255 e. The van der Waals surface area contributed by atoms with Crippen LogP contribution in [0, 0.1) is 13.8 Å². The van der Waals surface area contributed by atoms with Crippen LogP contribution in [-0.2, 0) is 0 Å². The van der Waals surface area contributed by atoms with Gasteiger partial charge in [0.1, 0.15) is 0 Å². The number of nitrogens with one attached hydrogen (secondary N) is 1. The van der Waals surface area contributed by atoms with Gasteiger partial charge in [0.15, 0.2) is 0 Å². The zero-order valence-electron chi connectivity index (χ0n) is 10.6. The van der Waals surface area contributed by atoms with Gasteiger partial charge in [-0.3, -0.25) is 4.79 Å². The Labute approximate surface area is 125 Å². The lowest BCUT2D eigenvalue weighted by Crippen LogP contribution is -2.12. The number of hydrogen-bond acceptors (Lipinski definition) is 1. The summed E-state index contributed by atoms with van der Waals surface area (Å²) in [5.74, 6) is -0.170. The fourth-order valence-electron chi connectivity index (χ4n) is 1.80. The molecule has 98 valence electrons. The maximum absolute atomic E-state index is 12.2. The molecule has 2 rings (SSSR count). The Balaban J connectivity index is 2.28. The van der Waals surface area contributed by atoms with Gasteiger partial charge in [-0.15, -0.1) is 0 Å². The average molecular weight is 339 g/mol. The Kier molecular flexibility index (Phi) is 4.27. The second-order valence-corrected chi connectivity index (χ2v) is 5.75. The molecule has 0 spiro atoms. The van der Waals surface area contributed by atoms with E-state index in [2.05, 4.69) is 21.2 Å². The zero-order chi connectivity index (χ0) is 14.0. The van der Waals surface area contributed by atoms with Crippen molar-refractivity contribution < 1.29 is 4.79 Å². The van der Waals surface area contributed by atoms with Crippen LogP contribution in [0.2, 0.25) is 5.02 Å². The molecule has 0 atom stereocenters. The van der Waals surface area contributed by atoms with E-state index in [-0.39, 0.29) is 5.91 Å². The number of aryl methyl sites for hydroxylation is 2. The van der Waals surface area contributed by atoms with E-state index in [0.717, 1.165) is 21.3 Å². The fourth-order valence-corrected chi connectivity index (χ4v) is 2.43. The van der Waals surface area contributed by atoms with E-state index in [1.54, 1.807) is 6.07 Å². The summed E-state index contributed by atoms with van der Waals surface area (Å²) in [6, 6.07) is 11.1. The molecule has 4 heteroatoms. The monoisotopic (exact) mass is 337 g/mol. The summed E-state index contributed by atoms with van der Waals surface area (Å²) in [4.78, 5) is 12.2.